The molecule has 0 saturated carbocycles. The molecule has 19 heavy (non-hydrogen) atoms. The van der Waals surface area contributed by atoms with Crippen molar-refractivity contribution < 1.29 is 4.42 Å². The largest absolute Gasteiger partial charge is 0.472 e. The zero-order valence-corrected chi connectivity index (χ0v) is 11.8. The molecule has 0 aromatic carbocycles. The van der Waals surface area contributed by atoms with Crippen LogP contribution in [-0.2, 0) is 6.42 Å². The summed E-state index contributed by atoms with van der Waals surface area (Å²) in [7, 11) is 0. The van der Waals surface area contributed by atoms with Crippen LogP contribution in [0, 0.1) is 0 Å². The minimum atomic E-state index is 0.223. The molecule has 2 aromatic rings. The molecule has 1 atom stereocenters. The van der Waals surface area contributed by atoms with E-state index in [1.54, 1.807) is 18.9 Å². The van der Waals surface area contributed by atoms with Gasteiger partial charge in [-0.05, 0) is 32.9 Å². The van der Waals surface area contributed by atoms with Gasteiger partial charge in [0.05, 0.1) is 12.5 Å². The Balaban J connectivity index is 2.13. The number of hydrogen-bond donors (Lipinski definition) is 1. The molecule has 0 bridgehead atoms. The second-order valence-electron chi connectivity index (χ2n) is 4.98. The van der Waals surface area contributed by atoms with Crippen LogP contribution in [0.2, 0.25) is 0 Å². The van der Waals surface area contributed by atoms with Gasteiger partial charge in [-0.3, -0.25) is 0 Å². The predicted molar refractivity (Wildman–Crippen MR) is 73.9 cm³/mol. The lowest BCUT2D eigenvalue weighted by molar-refractivity contribution is 0.459. The van der Waals surface area contributed by atoms with E-state index < -0.39 is 0 Å². The molecule has 5 heteroatoms. The van der Waals surface area contributed by atoms with Crippen molar-refractivity contribution in [2.75, 3.05) is 6.54 Å². The molecule has 1 N–H and O–H groups in total. The van der Waals surface area contributed by atoms with Gasteiger partial charge in [0.2, 0.25) is 0 Å². The van der Waals surface area contributed by atoms with Gasteiger partial charge in [-0.1, -0.05) is 6.92 Å². The molecule has 0 saturated heterocycles. The zero-order chi connectivity index (χ0) is 13.7. The first kappa shape index (κ1) is 13.8. The quantitative estimate of drug-likeness (QED) is 0.833. The van der Waals surface area contributed by atoms with Crippen molar-refractivity contribution in [3.05, 3.63) is 36.3 Å². The number of nitrogens with zero attached hydrogens (tertiary/aromatic N) is 3. The summed E-state index contributed by atoms with van der Waals surface area (Å²) in [6.07, 6.45) is 7.05. The molecule has 0 spiro atoms. The van der Waals surface area contributed by atoms with E-state index in [0.717, 1.165) is 30.8 Å². The van der Waals surface area contributed by atoms with E-state index in [9.17, 15) is 0 Å². The van der Waals surface area contributed by atoms with Gasteiger partial charge < -0.3 is 9.73 Å². The highest BCUT2D eigenvalue weighted by molar-refractivity contribution is 5.13. The summed E-state index contributed by atoms with van der Waals surface area (Å²) in [6, 6.07) is 2.55. The normalized spacial score (nSPS) is 13.1. The number of rotatable bonds is 7. The fourth-order valence-electron chi connectivity index (χ4n) is 2.13. The summed E-state index contributed by atoms with van der Waals surface area (Å²) in [5.74, 6) is 1.00. The first-order valence-corrected chi connectivity index (χ1v) is 6.86. The maximum Gasteiger partial charge on any atom is 0.138 e. The highest BCUT2D eigenvalue weighted by Gasteiger charge is 2.17. The van der Waals surface area contributed by atoms with Crippen LogP contribution < -0.4 is 5.32 Å². The smallest absolute Gasteiger partial charge is 0.138 e. The molecule has 0 fully saturated rings. The van der Waals surface area contributed by atoms with E-state index in [-0.39, 0.29) is 6.04 Å². The Morgan fingerprint density at radius 2 is 2.26 bits per heavy atom. The van der Waals surface area contributed by atoms with Crippen molar-refractivity contribution in [1.82, 2.24) is 20.1 Å². The summed E-state index contributed by atoms with van der Waals surface area (Å²) in [5, 5.41) is 7.82. The van der Waals surface area contributed by atoms with Crippen molar-refractivity contribution in [2.24, 2.45) is 0 Å². The fraction of sp³-hybridized carbons (Fsp3) is 0.571. The van der Waals surface area contributed by atoms with Gasteiger partial charge in [0, 0.05) is 24.1 Å². The van der Waals surface area contributed by atoms with Gasteiger partial charge in [0.15, 0.2) is 0 Å². The maximum absolute atomic E-state index is 5.19. The lowest BCUT2D eigenvalue weighted by Gasteiger charge is -2.18. The molecule has 1 unspecified atom stereocenters. The standard InChI is InChI=1S/C14H22N4O/c1-4-6-15-13(12-5-7-19-9-12)8-14-16-10-17-18(14)11(2)3/h5,7,9-11,13,15H,4,6,8H2,1-3H3. The third-order valence-corrected chi connectivity index (χ3v) is 3.11. The van der Waals surface area contributed by atoms with Gasteiger partial charge in [-0.2, -0.15) is 5.10 Å². The Kier molecular flexibility index (Phi) is 4.74. The van der Waals surface area contributed by atoms with Crippen molar-refractivity contribution in [3.8, 4) is 0 Å². The molecular weight excluding hydrogens is 240 g/mol. The van der Waals surface area contributed by atoms with Crippen LogP contribution in [0.1, 0.15) is 50.7 Å². The average molecular weight is 262 g/mol. The van der Waals surface area contributed by atoms with E-state index in [4.69, 9.17) is 4.42 Å². The summed E-state index contributed by atoms with van der Waals surface area (Å²) < 4.78 is 7.16. The van der Waals surface area contributed by atoms with Crippen molar-refractivity contribution >= 4 is 0 Å². The predicted octanol–water partition coefficient (Wildman–Crippen LogP) is 2.74. The second kappa shape index (κ2) is 6.52. The molecule has 0 amide bonds. The van der Waals surface area contributed by atoms with E-state index in [1.807, 2.05) is 10.7 Å². The summed E-state index contributed by atoms with van der Waals surface area (Å²) >= 11 is 0. The van der Waals surface area contributed by atoms with Gasteiger partial charge in [0.1, 0.15) is 12.2 Å². The van der Waals surface area contributed by atoms with Crippen LogP contribution in [-0.4, -0.2) is 21.3 Å². The van der Waals surface area contributed by atoms with Crippen molar-refractivity contribution in [1.29, 1.82) is 0 Å². The Hall–Kier alpha value is -1.62. The van der Waals surface area contributed by atoms with Crippen LogP contribution in [0.25, 0.3) is 0 Å². The van der Waals surface area contributed by atoms with Gasteiger partial charge in [0.25, 0.3) is 0 Å². The average Bonchev–Trinajstić information content (AvgIpc) is 3.04. The SMILES string of the molecule is CCCNC(Cc1ncnn1C(C)C)c1ccoc1. The van der Waals surface area contributed by atoms with Crippen LogP contribution in [0.15, 0.2) is 29.3 Å². The van der Waals surface area contributed by atoms with E-state index in [0.29, 0.717) is 6.04 Å². The minimum Gasteiger partial charge on any atom is -0.472 e. The highest BCUT2D eigenvalue weighted by Crippen LogP contribution is 2.19. The number of hydrogen-bond acceptors (Lipinski definition) is 4. The molecule has 2 aromatic heterocycles. The monoisotopic (exact) mass is 262 g/mol. The van der Waals surface area contributed by atoms with Crippen LogP contribution in [0.4, 0.5) is 0 Å². The molecule has 104 valence electrons. The van der Waals surface area contributed by atoms with Crippen LogP contribution >= 0.6 is 0 Å². The molecule has 0 aliphatic rings. The van der Waals surface area contributed by atoms with Gasteiger partial charge >= 0.3 is 0 Å². The minimum absolute atomic E-state index is 0.223. The summed E-state index contributed by atoms with van der Waals surface area (Å²) in [4.78, 5) is 4.38. The molecule has 0 aliphatic carbocycles. The second-order valence-corrected chi connectivity index (χ2v) is 4.98. The van der Waals surface area contributed by atoms with E-state index in [2.05, 4.69) is 36.2 Å². The molecule has 0 aliphatic heterocycles. The zero-order valence-electron chi connectivity index (χ0n) is 11.8. The Bertz CT molecular complexity index is 475. The first-order chi connectivity index (χ1) is 9.22. The van der Waals surface area contributed by atoms with Gasteiger partial charge in [-0.25, -0.2) is 9.67 Å². The molecule has 5 nitrogen and oxygen atoms in total. The summed E-state index contributed by atoms with van der Waals surface area (Å²) in [6.45, 7) is 7.37. The third kappa shape index (κ3) is 3.44. The molecule has 0 radical (unpaired) electrons. The molecule has 2 heterocycles. The molecule has 2 rings (SSSR count). The highest BCUT2D eigenvalue weighted by atomic mass is 16.3. The van der Waals surface area contributed by atoms with Crippen LogP contribution in [0.5, 0.6) is 0 Å². The topological polar surface area (TPSA) is 55.9 Å². The van der Waals surface area contributed by atoms with Crippen LogP contribution in [0.3, 0.4) is 0 Å². The lowest BCUT2D eigenvalue weighted by Crippen LogP contribution is -2.25. The number of furan rings is 1. The summed E-state index contributed by atoms with van der Waals surface area (Å²) in [5.41, 5.74) is 1.16. The van der Waals surface area contributed by atoms with E-state index >= 15 is 0 Å². The number of nitrogens with one attached hydrogen (secondary N) is 1. The fourth-order valence-corrected chi connectivity index (χ4v) is 2.13. The maximum atomic E-state index is 5.19. The Morgan fingerprint density at radius 1 is 1.42 bits per heavy atom. The van der Waals surface area contributed by atoms with E-state index in [1.165, 1.54) is 0 Å². The molecular formula is C14H22N4O. The number of aromatic nitrogens is 3. The van der Waals surface area contributed by atoms with Gasteiger partial charge in [-0.15, -0.1) is 0 Å². The van der Waals surface area contributed by atoms with Crippen molar-refractivity contribution in [3.63, 3.8) is 0 Å². The van der Waals surface area contributed by atoms with Crippen molar-refractivity contribution in [2.45, 2.75) is 45.7 Å². The first-order valence-electron chi connectivity index (χ1n) is 6.86. The Labute approximate surface area is 114 Å². The third-order valence-electron chi connectivity index (χ3n) is 3.11. The lowest BCUT2D eigenvalue weighted by atomic mass is 10.1. The Morgan fingerprint density at radius 3 is 2.89 bits per heavy atom.